The lowest BCUT2D eigenvalue weighted by atomic mass is 10.1. The molecule has 0 aliphatic rings. The van der Waals surface area contributed by atoms with Gasteiger partial charge in [-0.05, 0) is 25.8 Å². The van der Waals surface area contributed by atoms with Crippen LogP contribution in [0.5, 0.6) is 0 Å². The van der Waals surface area contributed by atoms with Gasteiger partial charge in [-0.2, -0.15) is 0 Å². The number of rotatable bonds is 7. The quantitative estimate of drug-likeness (QED) is 0.637. The molecule has 0 saturated carbocycles. The van der Waals surface area contributed by atoms with Crippen LogP contribution in [-0.2, 0) is 17.8 Å². The van der Waals surface area contributed by atoms with E-state index in [1.54, 1.807) is 24.5 Å². The summed E-state index contributed by atoms with van der Waals surface area (Å²) >= 11 is 1.62. The zero-order valence-electron chi connectivity index (χ0n) is 15.3. The van der Waals surface area contributed by atoms with E-state index in [-0.39, 0.29) is 17.7 Å². The maximum Gasteiger partial charge on any atom is 0.243 e. The Balaban J connectivity index is 1.85. The van der Waals surface area contributed by atoms with Crippen molar-refractivity contribution in [2.24, 2.45) is 0 Å². The second-order valence-corrected chi connectivity index (χ2v) is 7.19. The number of thiazole rings is 1. The molecule has 5 nitrogen and oxygen atoms in total. The van der Waals surface area contributed by atoms with Crippen molar-refractivity contribution in [1.29, 1.82) is 0 Å². The van der Waals surface area contributed by atoms with Gasteiger partial charge in [-0.1, -0.05) is 32.0 Å². The SMILES string of the molecule is CCc1nc(CNC(=O)[C@H](CC)n2cc(C(C)=O)c3ccccc32)cs1. The molecule has 1 amide bonds. The molecule has 1 atom stereocenters. The summed E-state index contributed by atoms with van der Waals surface area (Å²) in [6.45, 7) is 6.02. The van der Waals surface area contributed by atoms with Crippen LogP contribution in [0.4, 0.5) is 0 Å². The molecule has 0 radical (unpaired) electrons. The maximum absolute atomic E-state index is 12.8. The Hall–Kier alpha value is -2.47. The first-order valence-electron chi connectivity index (χ1n) is 8.86. The van der Waals surface area contributed by atoms with Gasteiger partial charge in [0.1, 0.15) is 6.04 Å². The molecule has 3 rings (SSSR count). The third-order valence-corrected chi connectivity index (χ3v) is 5.53. The van der Waals surface area contributed by atoms with Crippen LogP contribution in [0.15, 0.2) is 35.8 Å². The van der Waals surface area contributed by atoms with Gasteiger partial charge in [-0.15, -0.1) is 11.3 Å². The van der Waals surface area contributed by atoms with Gasteiger partial charge in [-0.25, -0.2) is 4.98 Å². The van der Waals surface area contributed by atoms with E-state index in [1.807, 2.05) is 41.1 Å². The normalized spacial score (nSPS) is 12.3. The van der Waals surface area contributed by atoms with Crippen LogP contribution in [-0.4, -0.2) is 21.2 Å². The molecule has 1 aromatic carbocycles. The highest BCUT2D eigenvalue weighted by atomic mass is 32.1. The van der Waals surface area contributed by atoms with Crippen LogP contribution < -0.4 is 5.32 Å². The predicted molar refractivity (Wildman–Crippen MR) is 105 cm³/mol. The number of aromatic nitrogens is 2. The zero-order chi connectivity index (χ0) is 18.7. The number of Topliss-reactive ketones (excluding diaryl/α,β-unsaturated/α-hetero) is 1. The molecule has 0 spiro atoms. The molecule has 0 aliphatic carbocycles. The third kappa shape index (κ3) is 3.55. The summed E-state index contributed by atoms with van der Waals surface area (Å²) in [7, 11) is 0. The van der Waals surface area contributed by atoms with Gasteiger partial charge < -0.3 is 9.88 Å². The van der Waals surface area contributed by atoms with E-state index >= 15 is 0 Å². The van der Waals surface area contributed by atoms with E-state index in [0.717, 1.165) is 28.0 Å². The Bertz CT molecular complexity index is 942. The Morgan fingerprint density at radius 2 is 2.04 bits per heavy atom. The highest BCUT2D eigenvalue weighted by molar-refractivity contribution is 7.09. The number of carbonyl (C=O) groups excluding carboxylic acids is 2. The monoisotopic (exact) mass is 369 g/mol. The maximum atomic E-state index is 12.8. The summed E-state index contributed by atoms with van der Waals surface area (Å²) in [5.74, 6) is -0.0563. The molecule has 0 fully saturated rings. The fourth-order valence-corrected chi connectivity index (χ4v) is 3.88. The Morgan fingerprint density at radius 1 is 1.27 bits per heavy atom. The summed E-state index contributed by atoms with van der Waals surface area (Å²) in [5.41, 5.74) is 2.44. The molecule has 0 aliphatic heterocycles. The number of benzene rings is 1. The molecule has 2 aromatic heterocycles. The first-order valence-corrected chi connectivity index (χ1v) is 9.74. The van der Waals surface area contributed by atoms with Gasteiger partial charge in [-0.3, -0.25) is 9.59 Å². The number of para-hydroxylation sites is 1. The number of carbonyl (C=O) groups is 2. The molecule has 6 heteroatoms. The molecular weight excluding hydrogens is 346 g/mol. The summed E-state index contributed by atoms with van der Waals surface area (Å²) < 4.78 is 1.92. The molecule has 3 aromatic rings. The van der Waals surface area contributed by atoms with E-state index in [9.17, 15) is 9.59 Å². The minimum atomic E-state index is -0.364. The number of ketones is 1. The average Bonchev–Trinajstić information content (AvgIpc) is 3.25. The minimum absolute atomic E-state index is 0.00443. The topological polar surface area (TPSA) is 64.0 Å². The van der Waals surface area contributed by atoms with E-state index < -0.39 is 0 Å². The second kappa shape index (κ2) is 7.83. The van der Waals surface area contributed by atoms with Crippen molar-refractivity contribution in [3.8, 4) is 0 Å². The zero-order valence-corrected chi connectivity index (χ0v) is 16.1. The number of fused-ring (bicyclic) bond motifs is 1. The van der Waals surface area contributed by atoms with Crippen molar-refractivity contribution in [1.82, 2.24) is 14.9 Å². The second-order valence-electron chi connectivity index (χ2n) is 6.25. The lowest BCUT2D eigenvalue weighted by Crippen LogP contribution is -2.31. The lowest BCUT2D eigenvalue weighted by molar-refractivity contribution is -0.124. The predicted octanol–water partition coefficient (Wildman–Crippen LogP) is 4.13. The molecule has 0 saturated heterocycles. The van der Waals surface area contributed by atoms with Gasteiger partial charge in [0.05, 0.1) is 17.2 Å². The number of nitrogens with one attached hydrogen (secondary N) is 1. The lowest BCUT2D eigenvalue weighted by Gasteiger charge is -2.18. The fourth-order valence-electron chi connectivity index (χ4n) is 3.14. The van der Waals surface area contributed by atoms with Crippen LogP contribution >= 0.6 is 11.3 Å². The van der Waals surface area contributed by atoms with Gasteiger partial charge >= 0.3 is 0 Å². The van der Waals surface area contributed by atoms with Crippen LogP contribution in [0.3, 0.4) is 0 Å². The number of nitrogens with zero attached hydrogens (tertiary/aromatic N) is 2. The van der Waals surface area contributed by atoms with E-state index in [0.29, 0.717) is 18.5 Å². The largest absolute Gasteiger partial charge is 0.349 e. The van der Waals surface area contributed by atoms with Crippen LogP contribution in [0.25, 0.3) is 10.9 Å². The molecule has 136 valence electrons. The Morgan fingerprint density at radius 3 is 2.69 bits per heavy atom. The highest BCUT2D eigenvalue weighted by Crippen LogP contribution is 2.27. The van der Waals surface area contributed by atoms with E-state index in [2.05, 4.69) is 17.2 Å². The van der Waals surface area contributed by atoms with Crippen LogP contribution in [0.1, 0.15) is 54.3 Å². The van der Waals surface area contributed by atoms with Gasteiger partial charge in [0.2, 0.25) is 5.91 Å². The molecular formula is C20H23N3O2S. The third-order valence-electron chi connectivity index (χ3n) is 4.49. The highest BCUT2D eigenvalue weighted by Gasteiger charge is 2.22. The molecule has 26 heavy (non-hydrogen) atoms. The van der Waals surface area contributed by atoms with E-state index in [4.69, 9.17) is 0 Å². The van der Waals surface area contributed by atoms with Crippen molar-refractivity contribution in [2.75, 3.05) is 0 Å². The molecule has 0 unspecified atom stereocenters. The summed E-state index contributed by atoms with van der Waals surface area (Å²) in [6, 6.07) is 7.35. The van der Waals surface area contributed by atoms with Crippen molar-refractivity contribution >= 4 is 33.9 Å². The summed E-state index contributed by atoms with van der Waals surface area (Å²) in [6.07, 6.45) is 3.34. The molecule has 1 N–H and O–H groups in total. The first-order chi connectivity index (χ1) is 12.5. The Labute approximate surface area is 157 Å². The first kappa shape index (κ1) is 18.3. The van der Waals surface area contributed by atoms with Gasteiger partial charge in [0.25, 0.3) is 0 Å². The van der Waals surface area contributed by atoms with Crippen molar-refractivity contribution in [3.05, 3.63) is 52.1 Å². The van der Waals surface area contributed by atoms with Crippen molar-refractivity contribution < 1.29 is 9.59 Å². The number of hydrogen-bond acceptors (Lipinski definition) is 4. The van der Waals surface area contributed by atoms with Crippen LogP contribution in [0, 0.1) is 0 Å². The molecule has 2 heterocycles. The smallest absolute Gasteiger partial charge is 0.243 e. The van der Waals surface area contributed by atoms with Crippen LogP contribution in [0.2, 0.25) is 0 Å². The van der Waals surface area contributed by atoms with Gasteiger partial charge in [0.15, 0.2) is 5.78 Å². The molecule has 0 bridgehead atoms. The summed E-state index contributed by atoms with van der Waals surface area (Å²) in [4.78, 5) is 29.3. The van der Waals surface area contributed by atoms with Crippen molar-refractivity contribution in [2.45, 2.75) is 46.2 Å². The number of aryl methyl sites for hydroxylation is 1. The average molecular weight is 369 g/mol. The minimum Gasteiger partial charge on any atom is -0.349 e. The fraction of sp³-hybridized carbons (Fsp3) is 0.350. The number of amides is 1. The number of hydrogen-bond donors (Lipinski definition) is 1. The van der Waals surface area contributed by atoms with E-state index in [1.165, 1.54) is 0 Å². The Kier molecular flexibility index (Phi) is 5.52. The standard InChI is InChI=1S/C20H23N3O2S/c1-4-17(20(25)21-10-14-12-26-19(5-2)22-14)23-11-16(13(3)24)15-8-6-7-9-18(15)23/h6-9,11-12,17H,4-5,10H2,1-3H3,(H,21,25)/t17-/m0/s1. The summed E-state index contributed by atoms with van der Waals surface area (Å²) in [5, 5.41) is 6.93. The van der Waals surface area contributed by atoms with Gasteiger partial charge in [0, 0.05) is 28.0 Å². The van der Waals surface area contributed by atoms with Crippen molar-refractivity contribution in [3.63, 3.8) is 0 Å².